The fourth-order valence-electron chi connectivity index (χ4n) is 2.05. The normalized spacial score (nSPS) is 14.5. The van der Waals surface area contributed by atoms with Gasteiger partial charge >= 0.3 is 0 Å². The molecule has 0 amide bonds. The van der Waals surface area contributed by atoms with Crippen molar-refractivity contribution in [3.05, 3.63) is 34.9 Å². The van der Waals surface area contributed by atoms with Crippen molar-refractivity contribution < 1.29 is 5.11 Å². The first kappa shape index (κ1) is 9.32. The standard InChI is InChI=1S/C13H16O/c1-9(2)13-8-11(14)7-10-5-3-4-6-12(10)13/h4,6-9,14H,3,5H2,1-2H3. The first-order chi connectivity index (χ1) is 6.68. The fourth-order valence-corrected chi connectivity index (χ4v) is 2.05. The number of phenols is 1. The number of aromatic hydroxyl groups is 1. The van der Waals surface area contributed by atoms with Gasteiger partial charge in [-0.3, -0.25) is 0 Å². The molecule has 0 aromatic heterocycles. The van der Waals surface area contributed by atoms with E-state index in [1.807, 2.05) is 12.1 Å². The molecule has 0 bridgehead atoms. The quantitative estimate of drug-likeness (QED) is 0.715. The summed E-state index contributed by atoms with van der Waals surface area (Å²) in [4.78, 5) is 0. The Kier molecular flexibility index (Phi) is 2.32. The molecule has 1 aromatic carbocycles. The molecule has 1 aliphatic rings. The lowest BCUT2D eigenvalue weighted by molar-refractivity contribution is 0.473. The predicted molar refractivity (Wildman–Crippen MR) is 59.6 cm³/mol. The molecule has 14 heavy (non-hydrogen) atoms. The van der Waals surface area contributed by atoms with Crippen molar-refractivity contribution in [1.29, 1.82) is 0 Å². The minimum atomic E-state index is 0.405. The summed E-state index contributed by atoms with van der Waals surface area (Å²) < 4.78 is 0. The molecule has 0 saturated carbocycles. The molecule has 1 aliphatic carbocycles. The van der Waals surface area contributed by atoms with Gasteiger partial charge in [-0.05, 0) is 47.6 Å². The Morgan fingerprint density at radius 2 is 2.07 bits per heavy atom. The first-order valence-electron chi connectivity index (χ1n) is 5.21. The van der Waals surface area contributed by atoms with Crippen LogP contribution in [-0.4, -0.2) is 5.11 Å². The van der Waals surface area contributed by atoms with Gasteiger partial charge in [0, 0.05) is 0 Å². The summed E-state index contributed by atoms with van der Waals surface area (Å²) in [5.41, 5.74) is 3.87. The average molecular weight is 188 g/mol. The van der Waals surface area contributed by atoms with Crippen molar-refractivity contribution in [2.24, 2.45) is 0 Å². The number of hydrogen-bond donors (Lipinski definition) is 1. The third-order valence-electron chi connectivity index (χ3n) is 2.77. The Hall–Kier alpha value is -1.24. The second-order valence-corrected chi connectivity index (χ2v) is 4.20. The third-order valence-corrected chi connectivity index (χ3v) is 2.77. The van der Waals surface area contributed by atoms with Gasteiger partial charge in [0.2, 0.25) is 0 Å². The molecular formula is C13H16O. The fraction of sp³-hybridized carbons (Fsp3) is 0.385. The highest BCUT2D eigenvalue weighted by atomic mass is 16.3. The van der Waals surface area contributed by atoms with E-state index in [4.69, 9.17) is 0 Å². The van der Waals surface area contributed by atoms with Gasteiger partial charge in [0.1, 0.15) is 5.75 Å². The van der Waals surface area contributed by atoms with Crippen molar-refractivity contribution in [1.82, 2.24) is 0 Å². The first-order valence-corrected chi connectivity index (χ1v) is 5.21. The van der Waals surface area contributed by atoms with E-state index in [-0.39, 0.29) is 0 Å². The van der Waals surface area contributed by atoms with Crippen LogP contribution in [-0.2, 0) is 6.42 Å². The number of benzene rings is 1. The highest BCUT2D eigenvalue weighted by molar-refractivity contribution is 5.62. The van der Waals surface area contributed by atoms with Crippen LogP contribution < -0.4 is 0 Å². The average Bonchev–Trinajstić information content (AvgIpc) is 2.16. The van der Waals surface area contributed by atoms with E-state index in [1.54, 1.807) is 0 Å². The number of fused-ring (bicyclic) bond motifs is 1. The van der Waals surface area contributed by atoms with Crippen molar-refractivity contribution >= 4 is 6.08 Å². The van der Waals surface area contributed by atoms with Gasteiger partial charge in [-0.2, -0.15) is 0 Å². The van der Waals surface area contributed by atoms with Gasteiger partial charge in [0.25, 0.3) is 0 Å². The largest absolute Gasteiger partial charge is 0.508 e. The molecule has 1 heteroatoms. The van der Waals surface area contributed by atoms with E-state index in [1.165, 1.54) is 16.7 Å². The molecule has 1 N–H and O–H groups in total. The zero-order valence-corrected chi connectivity index (χ0v) is 8.75. The summed E-state index contributed by atoms with van der Waals surface area (Å²) in [6.45, 7) is 4.33. The maximum absolute atomic E-state index is 9.59. The van der Waals surface area contributed by atoms with E-state index in [2.05, 4.69) is 26.0 Å². The number of phenolic OH excluding ortho intramolecular Hbond substituents is 1. The number of aryl methyl sites for hydroxylation is 1. The smallest absolute Gasteiger partial charge is 0.116 e. The molecular weight excluding hydrogens is 172 g/mol. The summed E-state index contributed by atoms with van der Waals surface area (Å²) in [6, 6.07) is 3.78. The van der Waals surface area contributed by atoms with E-state index in [0.717, 1.165) is 12.8 Å². The van der Waals surface area contributed by atoms with E-state index < -0.39 is 0 Å². The Balaban J connectivity index is 2.60. The summed E-state index contributed by atoms with van der Waals surface area (Å²) in [5.74, 6) is 0.876. The molecule has 0 heterocycles. The van der Waals surface area contributed by atoms with Crippen LogP contribution in [0.5, 0.6) is 5.75 Å². The summed E-state index contributed by atoms with van der Waals surface area (Å²) >= 11 is 0. The topological polar surface area (TPSA) is 20.2 Å². The van der Waals surface area contributed by atoms with Gasteiger partial charge in [-0.15, -0.1) is 0 Å². The van der Waals surface area contributed by atoms with Gasteiger partial charge in [-0.1, -0.05) is 26.0 Å². The van der Waals surface area contributed by atoms with Crippen molar-refractivity contribution in [2.75, 3.05) is 0 Å². The second-order valence-electron chi connectivity index (χ2n) is 4.20. The molecule has 0 spiro atoms. The molecule has 0 radical (unpaired) electrons. The number of allylic oxidation sites excluding steroid dienone is 1. The maximum atomic E-state index is 9.59. The van der Waals surface area contributed by atoms with Crippen LogP contribution >= 0.6 is 0 Å². The van der Waals surface area contributed by atoms with Crippen LogP contribution in [0.15, 0.2) is 18.2 Å². The van der Waals surface area contributed by atoms with E-state index >= 15 is 0 Å². The van der Waals surface area contributed by atoms with Crippen LogP contribution in [0.4, 0.5) is 0 Å². The molecule has 0 atom stereocenters. The van der Waals surface area contributed by atoms with Crippen LogP contribution in [0.2, 0.25) is 0 Å². The molecule has 74 valence electrons. The lowest BCUT2D eigenvalue weighted by atomic mass is 9.88. The van der Waals surface area contributed by atoms with Gasteiger partial charge in [0.05, 0.1) is 0 Å². The lowest BCUT2D eigenvalue weighted by Crippen LogP contribution is -2.00. The van der Waals surface area contributed by atoms with E-state index in [0.29, 0.717) is 11.7 Å². The second kappa shape index (κ2) is 3.49. The van der Waals surface area contributed by atoms with Gasteiger partial charge < -0.3 is 5.11 Å². The number of rotatable bonds is 1. The van der Waals surface area contributed by atoms with Crippen LogP contribution in [0.25, 0.3) is 6.08 Å². The molecule has 0 unspecified atom stereocenters. The Morgan fingerprint density at radius 1 is 1.29 bits per heavy atom. The lowest BCUT2D eigenvalue weighted by Gasteiger charge is -2.17. The summed E-state index contributed by atoms with van der Waals surface area (Å²) in [5, 5.41) is 9.59. The SMILES string of the molecule is CC(C)c1cc(O)cc2c1C=CCC2. The number of hydrogen-bond acceptors (Lipinski definition) is 1. The predicted octanol–water partition coefficient (Wildman–Crippen LogP) is 3.48. The molecule has 1 nitrogen and oxygen atoms in total. The minimum absolute atomic E-state index is 0.405. The molecule has 0 fully saturated rings. The molecule has 0 saturated heterocycles. The Bertz CT molecular complexity index is 375. The van der Waals surface area contributed by atoms with Crippen molar-refractivity contribution in [3.63, 3.8) is 0 Å². The maximum Gasteiger partial charge on any atom is 0.116 e. The zero-order chi connectivity index (χ0) is 10.1. The molecule has 0 aliphatic heterocycles. The van der Waals surface area contributed by atoms with E-state index in [9.17, 15) is 5.11 Å². The van der Waals surface area contributed by atoms with Gasteiger partial charge in [-0.25, -0.2) is 0 Å². The third kappa shape index (κ3) is 1.54. The molecule has 1 aromatic rings. The van der Waals surface area contributed by atoms with Crippen molar-refractivity contribution in [3.8, 4) is 5.75 Å². The highest BCUT2D eigenvalue weighted by Crippen LogP contribution is 2.31. The monoisotopic (exact) mass is 188 g/mol. The van der Waals surface area contributed by atoms with Crippen molar-refractivity contribution in [2.45, 2.75) is 32.6 Å². The van der Waals surface area contributed by atoms with Gasteiger partial charge in [0.15, 0.2) is 0 Å². The highest BCUT2D eigenvalue weighted by Gasteiger charge is 2.13. The van der Waals surface area contributed by atoms with Crippen LogP contribution in [0, 0.1) is 0 Å². The summed E-state index contributed by atoms with van der Waals surface area (Å²) in [7, 11) is 0. The minimum Gasteiger partial charge on any atom is -0.508 e. The Labute approximate surface area is 85.1 Å². The zero-order valence-electron chi connectivity index (χ0n) is 8.75. The Morgan fingerprint density at radius 3 is 2.79 bits per heavy atom. The summed E-state index contributed by atoms with van der Waals surface area (Å²) in [6.07, 6.45) is 6.55. The van der Waals surface area contributed by atoms with Crippen LogP contribution in [0.1, 0.15) is 42.9 Å². The molecule has 2 rings (SSSR count). The van der Waals surface area contributed by atoms with Crippen LogP contribution in [0.3, 0.4) is 0 Å².